The molecule has 1 N–H and O–H groups in total. The third-order valence-electron chi connectivity index (χ3n) is 3.78. The zero-order valence-corrected chi connectivity index (χ0v) is 14.2. The number of benzene rings is 2. The quantitative estimate of drug-likeness (QED) is 0.873. The number of hydrogen-bond acceptors (Lipinski definition) is 2. The lowest BCUT2D eigenvalue weighted by molar-refractivity contribution is 0.401. The van der Waals surface area contributed by atoms with Gasteiger partial charge in [0, 0.05) is 15.6 Å². The molecule has 0 radical (unpaired) electrons. The molecule has 112 valence electrons. The number of halogens is 2. The van der Waals surface area contributed by atoms with Crippen molar-refractivity contribution >= 4 is 15.9 Å². The Morgan fingerprint density at radius 3 is 2.38 bits per heavy atom. The second-order valence-electron chi connectivity index (χ2n) is 5.02. The summed E-state index contributed by atoms with van der Waals surface area (Å²) in [5.74, 6) is 0.556. The highest BCUT2D eigenvalue weighted by Crippen LogP contribution is 2.35. The Balaban J connectivity index is 2.59. The molecule has 0 aliphatic carbocycles. The van der Waals surface area contributed by atoms with Crippen molar-refractivity contribution in [2.45, 2.75) is 19.9 Å². The molecule has 0 bridgehead atoms. The van der Waals surface area contributed by atoms with Gasteiger partial charge in [-0.3, -0.25) is 0 Å². The Bertz CT molecular complexity index is 657. The molecule has 0 heterocycles. The fourth-order valence-electron chi connectivity index (χ4n) is 2.52. The fourth-order valence-corrected chi connectivity index (χ4v) is 2.86. The van der Waals surface area contributed by atoms with Gasteiger partial charge in [0.25, 0.3) is 0 Å². The molecule has 0 fully saturated rings. The van der Waals surface area contributed by atoms with E-state index < -0.39 is 0 Å². The first kappa shape index (κ1) is 16.0. The molecule has 21 heavy (non-hydrogen) atoms. The van der Waals surface area contributed by atoms with Crippen LogP contribution in [0.3, 0.4) is 0 Å². The van der Waals surface area contributed by atoms with Crippen LogP contribution in [0.15, 0.2) is 34.8 Å². The minimum atomic E-state index is -0.257. The van der Waals surface area contributed by atoms with Crippen molar-refractivity contribution in [2.24, 2.45) is 0 Å². The van der Waals surface area contributed by atoms with Crippen molar-refractivity contribution in [3.05, 3.63) is 62.9 Å². The predicted octanol–water partition coefficient (Wildman–Crippen LogP) is 4.52. The highest BCUT2D eigenvalue weighted by molar-refractivity contribution is 9.10. The first-order valence-corrected chi connectivity index (χ1v) is 7.55. The monoisotopic (exact) mass is 351 g/mol. The van der Waals surface area contributed by atoms with Gasteiger partial charge in [-0.05, 0) is 44.2 Å². The highest BCUT2D eigenvalue weighted by atomic mass is 79.9. The molecule has 2 rings (SSSR count). The van der Waals surface area contributed by atoms with Crippen molar-refractivity contribution in [3.8, 4) is 5.75 Å². The lowest BCUT2D eigenvalue weighted by atomic mass is 9.94. The van der Waals surface area contributed by atoms with E-state index in [-0.39, 0.29) is 11.9 Å². The maximum Gasteiger partial charge on any atom is 0.129 e. The van der Waals surface area contributed by atoms with Crippen LogP contribution in [0, 0.1) is 19.7 Å². The number of rotatable bonds is 4. The molecule has 0 saturated heterocycles. The molecule has 0 spiro atoms. The number of aryl methyl sites for hydroxylation is 1. The van der Waals surface area contributed by atoms with Crippen molar-refractivity contribution in [1.29, 1.82) is 0 Å². The van der Waals surface area contributed by atoms with Gasteiger partial charge < -0.3 is 10.1 Å². The molecular formula is C17H19BrFNO. The Morgan fingerprint density at radius 1 is 1.14 bits per heavy atom. The SMILES string of the molecule is CNC(c1ccc(Br)cc1F)c1ccc(C)c(C)c1OC. The molecular weight excluding hydrogens is 333 g/mol. The van der Waals surface area contributed by atoms with E-state index in [9.17, 15) is 4.39 Å². The van der Waals surface area contributed by atoms with E-state index in [4.69, 9.17) is 4.74 Å². The minimum absolute atomic E-state index is 0.246. The van der Waals surface area contributed by atoms with Crippen molar-refractivity contribution in [2.75, 3.05) is 14.2 Å². The van der Waals surface area contributed by atoms with Crippen LogP contribution < -0.4 is 10.1 Å². The van der Waals surface area contributed by atoms with E-state index in [1.54, 1.807) is 13.2 Å². The maximum absolute atomic E-state index is 14.3. The molecule has 1 unspecified atom stereocenters. The third kappa shape index (κ3) is 3.11. The Hall–Kier alpha value is -1.39. The first-order valence-electron chi connectivity index (χ1n) is 6.76. The maximum atomic E-state index is 14.3. The smallest absolute Gasteiger partial charge is 0.129 e. The standard InChI is InChI=1S/C17H19BrFNO/c1-10-5-7-14(17(21-4)11(10)2)16(20-3)13-8-6-12(18)9-15(13)19/h5-9,16,20H,1-4H3. The van der Waals surface area contributed by atoms with Gasteiger partial charge >= 0.3 is 0 Å². The summed E-state index contributed by atoms with van der Waals surface area (Å²) in [6.07, 6.45) is 0. The van der Waals surface area contributed by atoms with Gasteiger partial charge in [-0.25, -0.2) is 4.39 Å². The summed E-state index contributed by atoms with van der Waals surface area (Å²) in [5, 5.41) is 3.18. The van der Waals surface area contributed by atoms with Crippen LogP contribution >= 0.6 is 15.9 Å². The number of ether oxygens (including phenoxy) is 1. The summed E-state index contributed by atoms with van der Waals surface area (Å²) in [7, 11) is 3.47. The van der Waals surface area contributed by atoms with Crippen molar-refractivity contribution in [1.82, 2.24) is 5.32 Å². The summed E-state index contributed by atoms with van der Waals surface area (Å²) < 4.78 is 20.6. The van der Waals surface area contributed by atoms with E-state index in [0.717, 1.165) is 26.9 Å². The van der Waals surface area contributed by atoms with Crippen LogP contribution in [0.2, 0.25) is 0 Å². The molecule has 0 amide bonds. The molecule has 2 aromatic carbocycles. The van der Waals surface area contributed by atoms with Crippen LogP contribution in [0.5, 0.6) is 5.75 Å². The Labute approximate surface area is 133 Å². The van der Waals surface area contributed by atoms with Crippen LogP contribution in [0.25, 0.3) is 0 Å². The van der Waals surface area contributed by atoms with Gasteiger partial charge in [-0.1, -0.05) is 34.1 Å². The average Bonchev–Trinajstić information content (AvgIpc) is 2.45. The van der Waals surface area contributed by atoms with Gasteiger partial charge in [0.1, 0.15) is 11.6 Å². The molecule has 0 aliphatic rings. The fraction of sp³-hybridized carbons (Fsp3) is 0.294. The van der Waals surface area contributed by atoms with E-state index in [1.807, 2.05) is 39.1 Å². The van der Waals surface area contributed by atoms with Crippen LogP contribution in [-0.2, 0) is 0 Å². The number of methoxy groups -OCH3 is 1. The minimum Gasteiger partial charge on any atom is -0.496 e. The van der Waals surface area contributed by atoms with E-state index in [1.165, 1.54) is 6.07 Å². The lowest BCUT2D eigenvalue weighted by Crippen LogP contribution is -2.20. The average molecular weight is 352 g/mol. The lowest BCUT2D eigenvalue weighted by Gasteiger charge is -2.22. The topological polar surface area (TPSA) is 21.3 Å². The zero-order valence-electron chi connectivity index (χ0n) is 12.6. The van der Waals surface area contributed by atoms with Gasteiger partial charge in [0.05, 0.1) is 13.2 Å². The Morgan fingerprint density at radius 2 is 1.81 bits per heavy atom. The van der Waals surface area contributed by atoms with Crippen molar-refractivity contribution in [3.63, 3.8) is 0 Å². The van der Waals surface area contributed by atoms with Gasteiger partial charge in [0.2, 0.25) is 0 Å². The van der Waals surface area contributed by atoms with E-state index >= 15 is 0 Å². The molecule has 0 saturated carbocycles. The second-order valence-corrected chi connectivity index (χ2v) is 5.93. The summed E-state index contributed by atoms with van der Waals surface area (Å²) in [6.45, 7) is 4.05. The zero-order chi connectivity index (χ0) is 15.6. The molecule has 1 atom stereocenters. The highest BCUT2D eigenvalue weighted by Gasteiger charge is 2.21. The molecule has 0 aromatic heterocycles. The molecule has 2 nitrogen and oxygen atoms in total. The van der Waals surface area contributed by atoms with Gasteiger partial charge in [0.15, 0.2) is 0 Å². The third-order valence-corrected chi connectivity index (χ3v) is 4.28. The second kappa shape index (κ2) is 6.58. The Kier molecular flexibility index (Phi) is 5.01. The van der Waals surface area contributed by atoms with E-state index in [0.29, 0.717) is 5.56 Å². The number of hydrogen-bond donors (Lipinski definition) is 1. The van der Waals surface area contributed by atoms with Crippen LogP contribution in [-0.4, -0.2) is 14.2 Å². The normalized spacial score (nSPS) is 12.3. The summed E-state index contributed by atoms with van der Waals surface area (Å²) in [4.78, 5) is 0. The molecule has 0 aliphatic heterocycles. The van der Waals surface area contributed by atoms with Crippen LogP contribution in [0.1, 0.15) is 28.3 Å². The summed E-state index contributed by atoms with van der Waals surface area (Å²) >= 11 is 3.29. The van der Waals surface area contributed by atoms with Crippen LogP contribution in [0.4, 0.5) is 4.39 Å². The largest absolute Gasteiger partial charge is 0.496 e. The van der Waals surface area contributed by atoms with Gasteiger partial charge in [-0.2, -0.15) is 0 Å². The molecule has 4 heteroatoms. The summed E-state index contributed by atoms with van der Waals surface area (Å²) in [5.41, 5.74) is 3.76. The predicted molar refractivity (Wildman–Crippen MR) is 87.5 cm³/mol. The summed E-state index contributed by atoms with van der Waals surface area (Å²) in [6, 6.07) is 8.88. The van der Waals surface area contributed by atoms with E-state index in [2.05, 4.69) is 21.2 Å². The number of nitrogens with one attached hydrogen (secondary N) is 1. The van der Waals surface area contributed by atoms with Crippen molar-refractivity contribution < 1.29 is 9.13 Å². The molecule has 2 aromatic rings. The first-order chi connectivity index (χ1) is 9.99. The van der Waals surface area contributed by atoms with Gasteiger partial charge in [-0.15, -0.1) is 0 Å².